The Labute approximate surface area is 219 Å². The van der Waals surface area contributed by atoms with Crippen LogP contribution in [0.3, 0.4) is 0 Å². The van der Waals surface area contributed by atoms with Crippen LogP contribution in [0.15, 0.2) is 47.4 Å². The van der Waals surface area contributed by atoms with Gasteiger partial charge in [-0.15, -0.1) is 0 Å². The second-order valence-electron chi connectivity index (χ2n) is 8.15. The molecule has 37 heavy (non-hydrogen) atoms. The van der Waals surface area contributed by atoms with Gasteiger partial charge in [0.25, 0.3) is 11.1 Å². The van der Waals surface area contributed by atoms with Crippen molar-refractivity contribution in [1.29, 1.82) is 0 Å². The van der Waals surface area contributed by atoms with Gasteiger partial charge < -0.3 is 25.8 Å². The molecule has 0 unspecified atom stereocenters. The Balaban J connectivity index is 1.59. The maximum absolute atomic E-state index is 12.8. The number of hydrogen-bond acceptors (Lipinski definition) is 7. The highest BCUT2D eigenvalue weighted by atomic mass is 32.2. The Morgan fingerprint density at radius 2 is 1.92 bits per heavy atom. The van der Waals surface area contributed by atoms with Crippen molar-refractivity contribution in [1.82, 2.24) is 15.5 Å². The molecule has 0 radical (unpaired) electrons. The Morgan fingerprint density at radius 1 is 1.16 bits per heavy atom. The highest BCUT2D eigenvalue weighted by Crippen LogP contribution is 2.34. The van der Waals surface area contributed by atoms with E-state index in [4.69, 9.17) is 15.2 Å². The summed E-state index contributed by atoms with van der Waals surface area (Å²) >= 11 is 0.832. The quantitative estimate of drug-likeness (QED) is 0.382. The average Bonchev–Trinajstić information content (AvgIpc) is 3.12. The fraction of sp³-hybridized carbons (Fsp3) is 0.308. The molecule has 196 valence electrons. The smallest absolute Gasteiger partial charge is 0.312 e. The van der Waals surface area contributed by atoms with Gasteiger partial charge in [-0.2, -0.15) is 0 Å². The lowest BCUT2D eigenvalue weighted by Gasteiger charge is -2.20. The second kappa shape index (κ2) is 12.8. The first-order valence-corrected chi connectivity index (χ1v) is 12.5. The van der Waals surface area contributed by atoms with Gasteiger partial charge in [0.15, 0.2) is 11.5 Å². The van der Waals surface area contributed by atoms with E-state index in [2.05, 4.69) is 10.6 Å². The number of aryl methyl sites for hydroxylation is 1. The van der Waals surface area contributed by atoms with Gasteiger partial charge >= 0.3 is 6.03 Å². The highest BCUT2D eigenvalue weighted by Gasteiger charge is 2.34. The van der Waals surface area contributed by atoms with E-state index in [1.807, 2.05) is 38.1 Å². The number of methoxy groups -OCH3 is 1. The van der Waals surface area contributed by atoms with E-state index in [1.165, 1.54) is 7.11 Å². The molecular formula is C26H30N4O6S. The van der Waals surface area contributed by atoms with Crippen molar-refractivity contribution in [3.63, 3.8) is 0 Å². The van der Waals surface area contributed by atoms with Crippen molar-refractivity contribution >= 4 is 40.9 Å². The molecule has 0 bridgehead atoms. The molecule has 1 aliphatic rings. The molecule has 1 aliphatic heterocycles. The van der Waals surface area contributed by atoms with E-state index < -0.39 is 23.2 Å². The minimum atomic E-state index is -0.740. The summed E-state index contributed by atoms with van der Waals surface area (Å²) in [4.78, 5) is 50.7. The molecule has 3 rings (SSSR count). The third kappa shape index (κ3) is 7.26. The Kier molecular flexibility index (Phi) is 9.56. The van der Waals surface area contributed by atoms with Crippen LogP contribution in [0, 0.1) is 6.92 Å². The number of rotatable bonds is 11. The largest absolute Gasteiger partial charge is 0.493 e. The molecule has 2 aromatic rings. The van der Waals surface area contributed by atoms with Gasteiger partial charge in [0.1, 0.15) is 0 Å². The number of nitrogens with one attached hydrogen (secondary N) is 2. The molecule has 4 N–H and O–H groups in total. The monoisotopic (exact) mass is 526 g/mol. The van der Waals surface area contributed by atoms with Gasteiger partial charge in [0, 0.05) is 13.1 Å². The van der Waals surface area contributed by atoms with E-state index in [1.54, 1.807) is 24.3 Å². The zero-order valence-corrected chi connectivity index (χ0v) is 21.7. The molecule has 1 atom stereocenters. The Bertz CT molecular complexity index is 1220. The van der Waals surface area contributed by atoms with Crippen molar-refractivity contribution in [3.05, 3.63) is 64.1 Å². The lowest BCUT2D eigenvalue weighted by atomic mass is 9.98. The lowest BCUT2D eigenvalue weighted by molar-refractivity contribution is -0.124. The summed E-state index contributed by atoms with van der Waals surface area (Å²) in [5.74, 6) is 0.310. The number of ether oxygens (including phenoxy) is 2. The summed E-state index contributed by atoms with van der Waals surface area (Å²) in [7, 11) is 1.52. The van der Waals surface area contributed by atoms with Crippen LogP contribution in [-0.2, 0) is 9.59 Å². The van der Waals surface area contributed by atoms with Gasteiger partial charge in [0.2, 0.25) is 5.91 Å². The first-order valence-electron chi connectivity index (χ1n) is 11.7. The number of carbonyl (C=O) groups excluding carboxylic acids is 4. The highest BCUT2D eigenvalue weighted by molar-refractivity contribution is 8.18. The van der Waals surface area contributed by atoms with Crippen LogP contribution >= 0.6 is 11.8 Å². The average molecular weight is 527 g/mol. The summed E-state index contributed by atoms with van der Waals surface area (Å²) < 4.78 is 10.8. The van der Waals surface area contributed by atoms with E-state index >= 15 is 0 Å². The van der Waals surface area contributed by atoms with E-state index in [0.717, 1.165) is 27.8 Å². The second-order valence-corrected chi connectivity index (χ2v) is 9.14. The van der Waals surface area contributed by atoms with Crippen LogP contribution in [0.5, 0.6) is 11.5 Å². The first kappa shape index (κ1) is 27.6. The van der Waals surface area contributed by atoms with Crippen LogP contribution in [0.1, 0.15) is 36.1 Å². The van der Waals surface area contributed by atoms with Crippen LogP contribution in [-0.4, -0.2) is 54.8 Å². The minimum absolute atomic E-state index is 0.0125. The predicted molar refractivity (Wildman–Crippen MR) is 141 cm³/mol. The van der Waals surface area contributed by atoms with Crippen LogP contribution in [0.25, 0.3) is 6.08 Å². The van der Waals surface area contributed by atoms with Gasteiger partial charge in [-0.05, 0) is 60.5 Å². The third-order valence-corrected chi connectivity index (χ3v) is 6.49. The molecule has 5 amide bonds. The van der Waals surface area contributed by atoms with Crippen molar-refractivity contribution in [2.24, 2.45) is 5.73 Å². The predicted octanol–water partition coefficient (Wildman–Crippen LogP) is 3.35. The van der Waals surface area contributed by atoms with Crippen LogP contribution < -0.4 is 25.8 Å². The summed E-state index contributed by atoms with van der Waals surface area (Å²) in [5, 5.41) is 4.88. The molecule has 0 aliphatic carbocycles. The molecule has 1 fully saturated rings. The van der Waals surface area contributed by atoms with Crippen LogP contribution in [0.4, 0.5) is 9.59 Å². The summed E-state index contributed by atoms with van der Waals surface area (Å²) in [5.41, 5.74) is 7.66. The molecular weight excluding hydrogens is 496 g/mol. The number of nitrogens with zero attached hydrogens (tertiary/aromatic N) is 1. The number of thioether (sulfide) groups is 1. The van der Waals surface area contributed by atoms with E-state index in [9.17, 15) is 19.2 Å². The molecule has 0 saturated carbocycles. The number of imide groups is 1. The fourth-order valence-corrected chi connectivity index (χ4v) is 4.71. The number of primary amides is 1. The number of urea groups is 1. The van der Waals surface area contributed by atoms with E-state index in [0.29, 0.717) is 23.7 Å². The molecule has 2 aromatic carbocycles. The number of nitrogens with two attached hydrogens (primary N) is 1. The maximum Gasteiger partial charge on any atom is 0.312 e. The zero-order chi connectivity index (χ0) is 26.9. The number of benzene rings is 2. The van der Waals surface area contributed by atoms with Crippen molar-refractivity contribution < 1.29 is 28.7 Å². The van der Waals surface area contributed by atoms with Crippen LogP contribution in [0.2, 0.25) is 0 Å². The first-order chi connectivity index (χ1) is 17.7. The maximum atomic E-state index is 12.8. The Morgan fingerprint density at radius 3 is 2.59 bits per heavy atom. The van der Waals surface area contributed by atoms with Crippen molar-refractivity contribution in [2.45, 2.75) is 26.3 Å². The normalized spacial score (nSPS) is 15.0. The molecule has 11 heteroatoms. The molecule has 0 aromatic heterocycles. The van der Waals surface area contributed by atoms with Gasteiger partial charge in [-0.1, -0.05) is 30.3 Å². The molecule has 1 heterocycles. The van der Waals surface area contributed by atoms with Crippen molar-refractivity contribution in [2.75, 3.05) is 26.8 Å². The Hall–Kier alpha value is -3.99. The van der Waals surface area contributed by atoms with Gasteiger partial charge in [0.05, 0.1) is 31.1 Å². The summed E-state index contributed by atoms with van der Waals surface area (Å²) in [6.45, 7) is 4.31. The topological polar surface area (TPSA) is 140 Å². The standard InChI is InChI=1S/C26H30N4O6S/c1-4-36-20-10-9-17(13-21(20)35-3)14-22-24(32)30(26(34)37-22)12-11-28-23(31)15-19(29-25(27)33)18-8-6-5-7-16(18)2/h5-10,13-14,19H,4,11-12,15H2,1-3H3,(H,28,31)(H3,27,29,33)/b22-14+/t19-/m0/s1. The number of carbonyl (C=O) groups is 4. The number of amides is 5. The fourth-order valence-electron chi connectivity index (χ4n) is 3.85. The van der Waals surface area contributed by atoms with Gasteiger partial charge in [-0.3, -0.25) is 19.3 Å². The SMILES string of the molecule is CCOc1ccc(/C=C2/SC(=O)N(CCNC(=O)C[C@H](NC(N)=O)c3ccccc3C)C2=O)cc1OC. The summed E-state index contributed by atoms with van der Waals surface area (Å²) in [6.07, 6.45) is 1.57. The molecule has 10 nitrogen and oxygen atoms in total. The third-order valence-electron chi connectivity index (χ3n) is 5.59. The van der Waals surface area contributed by atoms with E-state index in [-0.39, 0.29) is 30.3 Å². The molecule has 1 saturated heterocycles. The lowest BCUT2D eigenvalue weighted by Crippen LogP contribution is -2.40. The molecule has 0 spiro atoms. The summed E-state index contributed by atoms with van der Waals surface area (Å²) in [6, 6.07) is 11.3. The number of hydrogen-bond donors (Lipinski definition) is 3. The van der Waals surface area contributed by atoms with Gasteiger partial charge in [-0.25, -0.2) is 4.79 Å². The minimum Gasteiger partial charge on any atom is -0.493 e. The zero-order valence-electron chi connectivity index (χ0n) is 20.9. The van der Waals surface area contributed by atoms with Crippen molar-refractivity contribution in [3.8, 4) is 11.5 Å².